The van der Waals surface area contributed by atoms with Crippen LogP contribution in [0.25, 0.3) is 87.3 Å². The Balaban J connectivity index is 1.12. The largest absolute Gasteiger partial charge is 0.309 e. The fourth-order valence-electron chi connectivity index (χ4n) is 11.0. The number of fused-ring (bicyclic) bond motifs is 12. The highest BCUT2D eigenvalue weighted by Gasteiger charge is 2.42. The molecule has 13 rings (SSSR count). The second kappa shape index (κ2) is 14.0. The van der Waals surface area contributed by atoms with Gasteiger partial charge in [-0.2, -0.15) is 0 Å². The molecule has 63 heavy (non-hydrogen) atoms. The lowest BCUT2D eigenvalue weighted by Crippen LogP contribution is -2.74. The first-order valence-electron chi connectivity index (χ1n) is 21.8. The molecule has 0 saturated heterocycles. The fourth-order valence-corrected chi connectivity index (χ4v) is 15.7. The van der Waals surface area contributed by atoms with Crippen LogP contribution in [0.3, 0.4) is 0 Å². The van der Waals surface area contributed by atoms with E-state index >= 15 is 0 Å². The van der Waals surface area contributed by atoms with E-state index in [1.165, 1.54) is 96.7 Å². The standard InChI is InChI=1S/C60H40N2Si/c1-4-19-41(20-5-1)61-57-33-16-14-31-52(57)55-40-60-56(39-59(55)61)53-32-15-17-34-58(53)62(60)42-21-18-26-45(37-42)63(43-22-6-2-7-23-43,44-24-8-3-9-25-44)46-35-36-51-49-29-11-10-27-47(49)48-28-12-13-30-50(48)54(51)38-46/h1-40H. The maximum Gasteiger partial charge on any atom is 0.179 e. The fraction of sp³-hybridized carbons (Fsp3) is 0. The van der Waals surface area contributed by atoms with Crippen LogP contribution in [0.1, 0.15) is 0 Å². The van der Waals surface area contributed by atoms with Crippen LogP contribution in [-0.4, -0.2) is 17.2 Å². The van der Waals surface area contributed by atoms with Crippen molar-refractivity contribution in [1.29, 1.82) is 0 Å². The van der Waals surface area contributed by atoms with E-state index in [-0.39, 0.29) is 0 Å². The van der Waals surface area contributed by atoms with Crippen molar-refractivity contribution in [3.05, 3.63) is 243 Å². The Morgan fingerprint density at radius 3 is 1.13 bits per heavy atom. The van der Waals surface area contributed by atoms with Gasteiger partial charge in [0.25, 0.3) is 0 Å². The number of aromatic nitrogens is 2. The molecule has 2 aromatic heterocycles. The highest BCUT2D eigenvalue weighted by molar-refractivity contribution is 7.20. The summed E-state index contributed by atoms with van der Waals surface area (Å²) >= 11 is 0. The third-order valence-corrected chi connectivity index (χ3v) is 18.4. The molecule has 294 valence electrons. The van der Waals surface area contributed by atoms with E-state index in [4.69, 9.17) is 0 Å². The normalized spacial score (nSPS) is 12.1. The molecule has 0 aliphatic rings. The summed E-state index contributed by atoms with van der Waals surface area (Å²) in [5, 5.41) is 18.1. The second-order valence-electron chi connectivity index (χ2n) is 16.8. The summed E-state index contributed by atoms with van der Waals surface area (Å²) in [6.07, 6.45) is 0. The summed E-state index contributed by atoms with van der Waals surface area (Å²) < 4.78 is 4.93. The molecule has 3 heteroatoms. The van der Waals surface area contributed by atoms with Crippen LogP contribution < -0.4 is 20.7 Å². The molecular weight excluding hydrogens is 777 g/mol. The molecule has 0 unspecified atom stereocenters. The Labute approximate surface area is 366 Å². The van der Waals surface area contributed by atoms with Gasteiger partial charge in [0, 0.05) is 32.9 Å². The summed E-state index contributed by atoms with van der Waals surface area (Å²) in [4.78, 5) is 0. The summed E-state index contributed by atoms with van der Waals surface area (Å²) in [6.45, 7) is 0. The van der Waals surface area contributed by atoms with Gasteiger partial charge in [-0.3, -0.25) is 0 Å². The van der Waals surface area contributed by atoms with Crippen molar-refractivity contribution in [2.75, 3.05) is 0 Å². The van der Waals surface area contributed by atoms with Crippen LogP contribution in [0.5, 0.6) is 0 Å². The first kappa shape index (κ1) is 35.7. The minimum absolute atomic E-state index is 1.16. The molecule has 2 heterocycles. The Bertz CT molecular complexity index is 3830. The van der Waals surface area contributed by atoms with Crippen molar-refractivity contribution in [2.45, 2.75) is 0 Å². The maximum atomic E-state index is 2.54. The zero-order valence-corrected chi connectivity index (χ0v) is 35.5. The van der Waals surface area contributed by atoms with Gasteiger partial charge in [-0.15, -0.1) is 0 Å². The van der Waals surface area contributed by atoms with Crippen LogP contribution >= 0.6 is 0 Å². The van der Waals surface area contributed by atoms with Gasteiger partial charge < -0.3 is 9.13 Å². The van der Waals surface area contributed by atoms with Gasteiger partial charge in [0.1, 0.15) is 0 Å². The number of para-hydroxylation sites is 3. The number of benzene rings is 11. The van der Waals surface area contributed by atoms with Crippen LogP contribution in [-0.2, 0) is 0 Å². The highest BCUT2D eigenvalue weighted by atomic mass is 28.3. The number of rotatable bonds is 6. The highest BCUT2D eigenvalue weighted by Crippen LogP contribution is 2.40. The van der Waals surface area contributed by atoms with E-state index in [0.29, 0.717) is 0 Å². The predicted octanol–water partition coefficient (Wildman–Crippen LogP) is 12.7. The number of nitrogens with zero attached hydrogens (tertiary/aromatic N) is 2. The van der Waals surface area contributed by atoms with E-state index in [9.17, 15) is 0 Å². The minimum Gasteiger partial charge on any atom is -0.309 e. The lowest BCUT2D eigenvalue weighted by atomic mass is 9.94. The zero-order valence-electron chi connectivity index (χ0n) is 34.5. The summed E-state index contributed by atoms with van der Waals surface area (Å²) in [5.41, 5.74) is 7.14. The summed E-state index contributed by atoms with van der Waals surface area (Å²) in [6, 6.07) is 90.8. The average molecular weight is 817 g/mol. The van der Waals surface area contributed by atoms with E-state index in [0.717, 1.165) is 11.4 Å². The number of hydrogen-bond acceptors (Lipinski definition) is 0. The Hall–Kier alpha value is -7.98. The van der Waals surface area contributed by atoms with Crippen molar-refractivity contribution in [2.24, 2.45) is 0 Å². The first-order chi connectivity index (χ1) is 31.3. The Morgan fingerprint density at radius 2 is 0.587 bits per heavy atom. The van der Waals surface area contributed by atoms with Gasteiger partial charge in [-0.05, 0) is 102 Å². The maximum absolute atomic E-state index is 2.98. The van der Waals surface area contributed by atoms with Gasteiger partial charge in [-0.1, -0.05) is 194 Å². The van der Waals surface area contributed by atoms with E-state index in [1.807, 2.05) is 0 Å². The minimum atomic E-state index is -2.98. The van der Waals surface area contributed by atoms with Gasteiger partial charge in [0.15, 0.2) is 8.07 Å². The molecule has 0 fully saturated rings. The van der Waals surface area contributed by atoms with Crippen LogP contribution in [0.4, 0.5) is 0 Å². The second-order valence-corrected chi connectivity index (χ2v) is 20.6. The zero-order chi connectivity index (χ0) is 41.5. The molecule has 0 aliphatic heterocycles. The lowest BCUT2D eigenvalue weighted by molar-refractivity contribution is 1.18. The molecular formula is C60H40N2Si. The van der Waals surface area contributed by atoms with Crippen LogP contribution in [0.2, 0.25) is 0 Å². The molecule has 11 aromatic carbocycles. The smallest absolute Gasteiger partial charge is 0.179 e. The van der Waals surface area contributed by atoms with Gasteiger partial charge >= 0.3 is 0 Å². The van der Waals surface area contributed by atoms with Crippen LogP contribution in [0, 0.1) is 0 Å². The van der Waals surface area contributed by atoms with E-state index < -0.39 is 8.07 Å². The molecule has 0 aliphatic carbocycles. The Morgan fingerprint density at radius 1 is 0.206 bits per heavy atom. The summed E-state index contributed by atoms with van der Waals surface area (Å²) in [7, 11) is -2.98. The molecule has 0 spiro atoms. The van der Waals surface area contributed by atoms with Crippen molar-refractivity contribution in [3.8, 4) is 11.4 Å². The third-order valence-electron chi connectivity index (χ3n) is 13.6. The lowest BCUT2D eigenvalue weighted by Gasteiger charge is -2.35. The van der Waals surface area contributed by atoms with Crippen molar-refractivity contribution in [3.63, 3.8) is 0 Å². The third kappa shape index (κ3) is 5.24. The average Bonchev–Trinajstić information content (AvgIpc) is 3.86. The van der Waals surface area contributed by atoms with Crippen LogP contribution in [0.15, 0.2) is 243 Å². The molecule has 2 nitrogen and oxygen atoms in total. The molecule has 0 amide bonds. The molecule has 0 atom stereocenters. The van der Waals surface area contributed by atoms with E-state index in [1.54, 1.807) is 0 Å². The number of hydrogen-bond donors (Lipinski definition) is 0. The molecule has 13 aromatic rings. The predicted molar refractivity (Wildman–Crippen MR) is 271 cm³/mol. The topological polar surface area (TPSA) is 9.86 Å². The van der Waals surface area contributed by atoms with Crippen molar-refractivity contribution >= 4 is 105 Å². The molecule has 0 saturated carbocycles. The van der Waals surface area contributed by atoms with Gasteiger partial charge in [-0.25, -0.2) is 0 Å². The molecule has 0 N–H and O–H groups in total. The first-order valence-corrected chi connectivity index (χ1v) is 23.8. The van der Waals surface area contributed by atoms with Gasteiger partial charge in [0.2, 0.25) is 0 Å². The van der Waals surface area contributed by atoms with Crippen molar-refractivity contribution in [1.82, 2.24) is 9.13 Å². The SMILES string of the molecule is c1ccc(-n2c3ccccc3c3cc4c(cc32)c2ccccc2n4-c2cccc([Si](c3ccccc3)(c3ccccc3)c3ccc4c5ccccc5c5ccccc5c4c3)c2)cc1. The van der Waals surface area contributed by atoms with Gasteiger partial charge in [0.05, 0.1) is 22.1 Å². The summed E-state index contributed by atoms with van der Waals surface area (Å²) in [5.74, 6) is 0. The molecule has 0 radical (unpaired) electrons. The monoisotopic (exact) mass is 816 g/mol. The van der Waals surface area contributed by atoms with E-state index in [2.05, 4.69) is 252 Å². The molecule has 0 bridgehead atoms. The van der Waals surface area contributed by atoms with Crippen molar-refractivity contribution < 1.29 is 0 Å². The quantitative estimate of drug-likeness (QED) is 0.0899. The Kier molecular flexibility index (Phi) is 7.96.